The molecule has 2 N–H and O–H groups in total. The third-order valence-corrected chi connectivity index (χ3v) is 2.91. The van der Waals surface area contributed by atoms with E-state index < -0.39 is 12.7 Å². The van der Waals surface area contributed by atoms with Crippen molar-refractivity contribution in [3.05, 3.63) is 59.7 Å². The van der Waals surface area contributed by atoms with Crippen molar-refractivity contribution in [3.63, 3.8) is 0 Å². The van der Waals surface area contributed by atoms with Crippen LogP contribution in [0.3, 0.4) is 0 Å². The topological polar surface area (TPSA) is 62.1 Å². The molecule has 0 aliphatic rings. The molecular formula is C16H15F2NO3. The number of phenolic OH excluding ortho intramolecular Hbond substituents is 1. The molecule has 1 atom stereocenters. The maximum atomic E-state index is 12.1. The van der Waals surface area contributed by atoms with E-state index in [0.29, 0.717) is 11.1 Å². The van der Waals surface area contributed by atoms with Gasteiger partial charge in [0.2, 0.25) is 0 Å². The number of alkyl halides is 2. The summed E-state index contributed by atoms with van der Waals surface area (Å²) in [6.45, 7) is -2.88. The summed E-state index contributed by atoms with van der Waals surface area (Å²) >= 11 is 0. The van der Waals surface area contributed by atoms with E-state index >= 15 is 0 Å². The summed E-state index contributed by atoms with van der Waals surface area (Å²) in [6.07, 6.45) is 0.487. The van der Waals surface area contributed by atoms with Crippen LogP contribution in [0.4, 0.5) is 8.78 Å². The van der Waals surface area contributed by atoms with E-state index in [4.69, 9.17) is 0 Å². The number of hydrogen-bond acceptors (Lipinski definition) is 4. The number of hydrogen-bond donors (Lipinski definition) is 2. The lowest BCUT2D eigenvalue weighted by Crippen LogP contribution is -2.05. The molecule has 22 heavy (non-hydrogen) atoms. The third kappa shape index (κ3) is 4.53. The first-order chi connectivity index (χ1) is 10.6. The summed E-state index contributed by atoms with van der Waals surface area (Å²) in [5.41, 5.74) is 0.956. The van der Waals surface area contributed by atoms with E-state index in [1.807, 2.05) is 0 Å². The molecule has 0 saturated carbocycles. The lowest BCUT2D eigenvalue weighted by atomic mass is 10.1. The van der Waals surface area contributed by atoms with Crippen molar-refractivity contribution in [1.29, 1.82) is 0 Å². The highest BCUT2D eigenvalue weighted by atomic mass is 19.3. The van der Waals surface area contributed by atoms with E-state index in [0.717, 1.165) is 0 Å². The van der Waals surface area contributed by atoms with E-state index in [9.17, 15) is 19.0 Å². The second kappa shape index (κ2) is 7.51. The Bertz CT molecular complexity index is 647. The summed E-state index contributed by atoms with van der Waals surface area (Å²) in [5, 5.41) is 19.6. The quantitative estimate of drug-likeness (QED) is 0.806. The number of para-hydroxylation sites is 1. The highest BCUT2D eigenvalue weighted by Gasteiger charge is 2.10. The van der Waals surface area contributed by atoms with Crippen molar-refractivity contribution in [1.82, 2.24) is 0 Å². The average Bonchev–Trinajstić information content (AvgIpc) is 2.48. The molecule has 0 amide bonds. The fourth-order valence-corrected chi connectivity index (χ4v) is 1.85. The molecule has 1 unspecified atom stereocenters. The van der Waals surface area contributed by atoms with Crippen LogP contribution in [-0.2, 0) is 0 Å². The van der Waals surface area contributed by atoms with Gasteiger partial charge < -0.3 is 14.9 Å². The second-order valence-electron chi connectivity index (χ2n) is 4.52. The number of halogens is 2. The van der Waals surface area contributed by atoms with Crippen molar-refractivity contribution >= 4 is 6.21 Å². The Morgan fingerprint density at radius 1 is 1.14 bits per heavy atom. The molecule has 0 spiro atoms. The number of benzene rings is 2. The Kier molecular flexibility index (Phi) is 5.43. The summed E-state index contributed by atoms with van der Waals surface area (Å²) in [7, 11) is 0. The number of aromatic hydroxyl groups is 1. The monoisotopic (exact) mass is 307 g/mol. The standard InChI is InChI=1S/C16H15F2NO3/c17-16(18)22-13-6-3-5-11(8-13)15(21)10-19-9-12-4-1-2-7-14(12)20/h1-9,15-16,20-21H,10H2. The predicted molar refractivity (Wildman–Crippen MR) is 78.6 cm³/mol. The second-order valence-corrected chi connectivity index (χ2v) is 4.52. The molecule has 0 bridgehead atoms. The van der Waals surface area contributed by atoms with Crippen LogP contribution in [0.15, 0.2) is 53.5 Å². The SMILES string of the molecule is Oc1ccccc1C=NCC(O)c1cccc(OC(F)F)c1. The van der Waals surface area contributed by atoms with Gasteiger partial charge in [-0.05, 0) is 29.8 Å². The molecule has 0 aliphatic heterocycles. The summed E-state index contributed by atoms with van der Waals surface area (Å²) in [5.74, 6) is 0.0734. The maximum Gasteiger partial charge on any atom is 0.387 e. The summed E-state index contributed by atoms with van der Waals surface area (Å²) in [6, 6.07) is 12.5. The minimum Gasteiger partial charge on any atom is -0.507 e. The number of rotatable bonds is 6. The summed E-state index contributed by atoms with van der Waals surface area (Å²) < 4.78 is 28.6. The minimum absolute atomic E-state index is 0.0174. The smallest absolute Gasteiger partial charge is 0.387 e. The lowest BCUT2D eigenvalue weighted by Gasteiger charge is -2.10. The number of aliphatic hydroxyl groups excluding tert-OH is 1. The van der Waals surface area contributed by atoms with Crippen LogP contribution in [0, 0.1) is 0 Å². The molecule has 2 aromatic carbocycles. The van der Waals surface area contributed by atoms with Crippen molar-refractivity contribution in [2.75, 3.05) is 6.54 Å². The Hall–Kier alpha value is -2.47. The zero-order valence-electron chi connectivity index (χ0n) is 11.6. The molecule has 0 aliphatic carbocycles. The predicted octanol–water partition coefficient (Wildman–Crippen LogP) is 3.15. The first-order valence-electron chi connectivity index (χ1n) is 6.57. The van der Waals surface area contributed by atoms with Crippen molar-refractivity contribution < 1.29 is 23.7 Å². The Balaban J connectivity index is 2.00. The Morgan fingerprint density at radius 3 is 2.64 bits per heavy atom. The number of nitrogens with zero attached hydrogens (tertiary/aromatic N) is 1. The van der Waals surface area contributed by atoms with E-state index in [1.165, 1.54) is 30.5 Å². The van der Waals surface area contributed by atoms with Crippen LogP contribution in [-0.4, -0.2) is 29.6 Å². The van der Waals surface area contributed by atoms with Gasteiger partial charge in [-0.3, -0.25) is 4.99 Å². The van der Waals surface area contributed by atoms with Gasteiger partial charge in [-0.25, -0.2) is 0 Å². The van der Waals surface area contributed by atoms with Crippen LogP contribution < -0.4 is 4.74 Å². The van der Waals surface area contributed by atoms with Gasteiger partial charge in [0.25, 0.3) is 0 Å². The largest absolute Gasteiger partial charge is 0.507 e. The number of aliphatic imine (C=N–C) groups is 1. The number of aliphatic hydroxyl groups is 1. The van der Waals surface area contributed by atoms with Crippen LogP contribution in [0.2, 0.25) is 0 Å². The average molecular weight is 307 g/mol. The van der Waals surface area contributed by atoms with Crippen LogP contribution in [0.25, 0.3) is 0 Å². The highest BCUT2D eigenvalue weighted by molar-refractivity contribution is 5.83. The van der Waals surface area contributed by atoms with E-state index in [-0.39, 0.29) is 18.0 Å². The molecule has 4 nitrogen and oxygen atoms in total. The van der Waals surface area contributed by atoms with Gasteiger partial charge in [-0.15, -0.1) is 0 Å². The lowest BCUT2D eigenvalue weighted by molar-refractivity contribution is -0.0499. The van der Waals surface area contributed by atoms with Crippen LogP contribution >= 0.6 is 0 Å². The molecule has 0 saturated heterocycles. The molecule has 2 aromatic rings. The Labute approximate surface area is 126 Å². The molecule has 6 heteroatoms. The first kappa shape index (κ1) is 15.9. The molecule has 0 fully saturated rings. The molecule has 0 aromatic heterocycles. The van der Waals surface area contributed by atoms with Gasteiger partial charge in [0.05, 0.1) is 12.6 Å². The zero-order chi connectivity index (χ0) is 15.9. The van der Waals surface area contributed by atoms with Gasteiger partial charge in [0, 0.05) is 11.8 Å². The minimum atomic E-state index is -2.91. The molecular weight excluding hydrogens is 292 g/mol. The Morgan fingerprint density at radius 2 is 1.91 bits per heavy atom. The van der Waals surface area contributed by atoms with Gasteiger partial charge >= 0.3 is 6.61 Å². The van der Waals surface area contributed by atoms with Crippen molar-refractivity contribution in [2.45, 2.75) is 12.7 Å². The third-order valence-electron chi connectivity index (χ3n) is 2.91. The van der Waals surface area contributed by atoms with Crippen molar-refractivity contribution in [3.8, 4) is 11.5 Å². The number of phenols is 1. The van der Waals surface area contributed by atoms with Crippen molar-refractivity contribution in [2.24, 2.45) is 4.99 Å². The van der Waals surface area contributed by atoms with E-state index in [1.54, 1.807) is 24.3 Å². The van der Waals surface area contributed by atoms with Gasteiger partial charge in [-0.2, -0.15) is 8.78 Å². The molecule has 0 radical (unpaired) electrons. The highest BCUT2D eigenvalue weighted by Crippen LogP contribution is 2.21. The van der Waals surface area contributed by atoms with Gasteiger partial charge in [-0.1, -0.05) is 24.3 Å². The van der Waals surface area contributed by atoms with Gasteiger partial charge in [0.1, 0.15) is 11.5 Å². The summed E-state index contributed by atoms with van der Waals surface area (Å²) in [4.78, 5) is 4.05. The molecule has 2 rings (SSSR count). The number of ether oxygens (including phenoxy) is 1. The van der Waals surface area contributed by atoms with E-state index in [2.05, 4.69) is 9.73 Å². The first-order valence-corrected chi connectivity index (χ1v) is 6.57. The van der Waals surface area contributed by atoms with Crippen LogP contribution in [0.1, 0.15) is 17.2 Å². The maximum absolute atomic E-state index is 12.1. The van der Waals surface area contributed by atoms with Gasteiger partial charge in [0.15, 0.2) is 0 Å². The fourth-order valence-electron chi connectivity index (χ4n) is 1.85. The normalized spacial score (nSPS) is 12.7. The molecule has 0 heterocycles. The fraction of sp³-hybridized carbons (Fsp3) is 0.188. The zero-order valence-corrected chi connectivity index (χ0v) is 11.6. The molecule has 116 valence electrons. The van der Waals surface area contributed by atoms with Crippen LogP contribution in [0.5, 0.6) is 11.5 Å².